The van der Waals surface area contributed by atoms with Gasteiger partial charge in [0, 0.05) is 18.5 Å². The Morgan fingerprint density at radius 2 is 2.21 bits per heavy atom. The Labute approximate surface area is 81.5 Å². The van der Waals surface area contributed by atoms with Crippen LogP contribution >= 0.6 is 0 Å². The summed E-state index contributed by atoms with van der Waals surface area (Å²) in [6.45, 7) is 0.943. The van der Waals surface area contributed by atoms with Gasteiger partial charge in [0.05, 0.1) is 6.54 Å². The number of hydrazine groups is 1. The Hall–Kier alpha value is -1.42. The van der Waals surface area contributed by atoms with Gasteiger partial charge in [-0.25, -0.2) is 9.82 Å². The molecule has 0 aromatic heterocycles. The normalized spacial score (nSPS) is 16.4. The molecule has 0 atom stereocenters. The highest BCUT2D eigenvalue weighted by atomic mass is 19.1. The lowest BCUT2D eigenvalue weighted by atomic mass is 10.2. The van der Waals surface area contributed by atoms with Crippen molar-refractivity contribution in [1.29, 1.82) is 0 Å². The molecule has 1 saturated heterocycles. The van der Waals surface area contributed by atoms with Gasteiger partial charge in [-0.15, -0.1) is 0 Å². The summed E-state index contributed by atoms with van der Waals surface area (Å²) in [6, 6.07) is 6.48. The first-order chi connectivity index (χ1) is 6.77. The second-order valence-corrected chi connectivity index (χ2v) is 3.23. The van der Waals surface area contributed by atoms with E-state index in [4.69, 9.17) is 0 Å². The standard InChI is InChI=1S/C10H11FN2O/c11-9-4-2-1-3-8(9)7-13-10(14)5-6-12-13/h1-4,12H,5-7H2. The van der Waals surface area contributed by atoms with Crippen molar-refractivity contribution in [2.75, 3.05) is 6.54 Å². The van der Waals surface area contributed by atoms with Gasteiger partial charge in [-0.05, 0) is 6.07 Å². The average Bonchev–Trinajstić information content (AvgIpc) is 2.56. The zero-order valence-corrected chi connectivity index (χ0v) is 7.66. The predicted molar refractivity (Wildman–Crippen MR) is 49.6 cm³/mol. The summed E-state index contributed by atoms with van der Waals surface area (Å²) in [5, 5.41) is 1.46. The monoisotopic (exact) mass is 194 g/mol. The maximum Gasteiger partial charge on any atom is 0.238 e. The lowest BCUT2D eigenvalue weighted by molar-refractivity contribution is -0.130. The molecule has 1 aliphatic rings. The van der Waals surface area contributed by atoms with Gasteiger partial charge >= 0.3 is 0 Å². The molecule has 1 aromatic rings. The second kappa shape index (κ2) is 3.75. The molecule has 0 spiro atoms. The van der Waals surface area contributed by atoms with Crippen molar-refractivity contribution >= 4 is 5.91 Å². The van der Waals surface area contributed by atoms with Crippen LogP contribution in [-0.4, -0.2) is 17.5 Å². The van der Waals surface area contributed by atoms with Gasteiger partial charge in [-0.2, -0.15) is 0 Å². The SMILES string of the molecule is O=C1CCNN1Cc1ccccc1F. The Balaban J connectivity index is 2.10. The number of halogens is 1. The van der Waals surface area contributed by atoms with Gasteiger partial charge in [0.25, 0.3) is 0 Å². The summed E-state index contributed by atoms with van der Waals surface area (Å²) < 4.78 is 13.2. The average molecular weight is 194 g/mol. The predicted octanol–water partition coefficient (Wildman–Crippen LogP) is 1.06. The van der Waals surface area contributed by atoms with Crippen LogP contribution in [-0.2, 0) is 11.3 Å². The van der Waals surface area contributed by atoms with E-state index >= 15 is 0 Å². The number of amides is 1. The van der Waals surface area contributed by atoms with Gasteiger partial charge < -0.3 is 0 Å². The molecule has 2 rings (SSSR count). The largest absolute Gasteiger partial charge is 0.273 e. The van der Waals surface area contributed by atoms with Gasteiger partial charge in [0.15, 0.2) is 0 Å². The summed E-state index contributed by atoms with van der Waals surface area (Å²) in [5.41, 5.74) is 3.44. The van der Waals surface area contributed by atoms with E-state index in [9.17, 15) is 9.18 Å². The summed E-state index contributed by atoms with van der Waals surface area (Å²) >= 11 is 0. The molecule has 1 N–H and O–H groups in total. The highest BCUT2D eigenvalue weighted by Crippen LogP contribution is 2.11. The van der Waals surface area contributed by atoms with Crippen LogP contribution in [0, 0.1) is 5.82 Å². The van der Waals surface area contributed by atoms with E-state index in [1.54, 1.807) is 18.2 Å². The molecule has 1 fully saturated rings. The third-order valence-corrected chi connectivity index (χ3v) is 2.23. The summed E-state index contributed by atoms with van der Waals surface area (Å²) in [4.78, 5) is 11.2. The summed E-state index contributed by atoms with van der Waals surface area (Å²) in [5.74, 6) is -0.248. The van der Waals surface area contributed by atoms with Crippen LogP contribution in [0.4, 0.5) is 4.39 Å². The van der Waals surface area contributed by atoms with Crippen molar-refractivity contribution < 1.29 is 9.18 Å². The topological polar surface area (TPSA) is 32.3 Å². The highest BCUT2D eigenvalue weighted by molar-refractivity contribution is 5.77. The molecule has 0 bridgehead atoms. The molecular formula is C10H11FN2O. The number of carbonyl (C=O) groups is 1. The third kappa shape index (κ3) is 1.75. The van der Waals surface area contributed by atoms with Crippen LogP contribution in [0.1, 0.15) is 12.0 Å². The highest BCUT2D eigenvalue weighted by Gasteiger charge is 2.20. The first kappa shape index (κ1) is 9.15. The number of rotatable bonds is 2. The fourth-order valence-electron chi connectivity index (χ4n) is 1.46. The Kier molecular flexibility index (Phi) is 2.45. The minimum absolute atomic E-state index is 0.0215. The van der Waals surface area contributed by atoms with Crippen molar-refractivity contribution in [3.05, 3.63) is 35.6 Å². The molecule has 1 aromatic carbocycles. The number of nitrogens with one attached hydrogen (secondary N) is 1. The summed E-state index contributed by atoms with van der Waals surface area (Å²) in [6.07, 6.45) is 0.494. The Morgan fingerprint density at radius 1 is 1.43 bits per heavy atom. The molecular weight excluding hydrogens is 183 g/mol. The lowest BCUT2D eigenvalue weighted by Crippen LogP contribution is -2.33. The molecule has 3 nitrogen and oxygen atoms in total. The van der Waals surface area contributed by atoms with Crippen LogP contribution in [0.15, 0.2) is 24.3 Å². The molecule has 74 valence electrons. The van der Waals surface area contributed by atoms with E-state index in [1.165, 1.54) is 11.1 Å². The van der Waals surface area contributed by atoms with E-state index in [1.807, 2.05) is 0 Å². The van der Waals surface area contributed by atoms with Gasteiger partial charge in [-0.1, -0.05) is 18.2 Å². The molecule has 0 saturated carbocycles. The van der Waals surface area contributed by atoms with E-state index < -0.39 is 0 Å². The molecule has 14 heavy (non-hydrogen) atoms. The quantitative estimate of drug-likeness (QED) is 0.763. The lowest BCUT2D eigenvalue weighted by Gasteiger charge is -2.15. The van der Waals surface area contributed by atoms with Gasteiger partial charge in [-0.3, -0.25) is 9.80 Å². The molecule has 0 unspecified atom stereocenters. The molecule has 1 amide bonds. The first-order valence-electron chi connectivity index (χ1n) is 4.54. The third-order valence-electron chi connectivity index (χ3n) is 2.23. The van der Waals surface area contributed by atoms with Crippen LogP contribution in [0.25, 0.3) is 0 Å². The molecule has 1 heterocycles. The second-order valence-electron chi connectivity index (χ2n) is 3.23. The van der Waals surface area contributed by atoms with Crippen LogP contribution < -0.4 is 5.43 Å². The fourth-order valence-corrected chi connectivity index (χ4v) is 1.46. The number of nitrogens with zero attached hydrogens (tertiary/aromatic N) is 1. The maximum absolute atomic E-state index is 13.2. The van der Waals surface area contributed by atoms with E-state index in [0.29, 0.717) is 25.1 Å². The van der Waals surface area contributed by atoms with Gasteiger partial charge in [0.2, 0.25) is 5.91 Å². The molecule has 0 aliphatic carbocycles. The van der Waals surface area contributed by atoms with Crippen LogP contribution in [0.3, 0.4) is 0 Å². The zero-order chi connectivity index (χ0) is 9.97. The molecule has 1 aliphatic heterocycles. The number of hydrogen-bond donors (Lipinski definition) is 1. The summed E-state index contributed by atoms with van der Waals surface area (Å²) in [7, 11) is 0. The maximum atomic E-state index is 13.2. The molecule has 4 heteroatoms. The van der Waals surface area contributed by atoms with E-state index in [2.05, 4.69) is 5.43 Å². The van der Waals surface area contributed by atoms with E-state index in [-0.39, 0.29) is 11.7 Å². The van der Waals surface area contributed by atoms with Crippen molar-refractivity contribution in [3.8, 4) is 0 Å². The Morgan fingerprint density at radius 3 is 2.86 bits per heavy atom. The fraction of sp³-hybridized carbons (Fsp3) is 0.300. The molecule has 0 radical (unpaired) electrons. The van der Waals surface area contributed by atoms with Crippen molar-refractivity contribution in [2.24, 2.45) is 0 Å². The van der Waals surface area contributed by atoms with Crippen molar-refractivity contribution in [1.82, 2.24) is 10.4 Å². The van der Waals surface area contributed by atoms with Crippen LogP contribution in [0.5, 0.6) is 0 Å². The minimum atomic E-state index is -0.269. The number of benzene rings is 1. The minimum Gasteiger partial charge on any atom is -0.273 e. The van der Waals surface area contributed by atoms with E-state index in [0.717, 1.165) is 0 Å². The number of carbonyl (C=O) groups excluding carboxylic acids is 1. The zero-order valence-electron chi connectivity index (χ0n) is 7.66. The first-order valence-corrected chi connectivity index (χ1v) is 4.54. The number of hydrogen-bond acceptors (Lipinski definition) is 2. The van der Waals surface area contributed by atoms with Gasteiger partial charge in [0.1, 0.15) is 5.82 Å². The Bertz CT molecular complexity index is 354. The smallest absolute Gasteiger partial charge is 0.238 e. The van der Waals surface area contributed by atoms with Crippen molar-refractivity contribution in [3.63, 3.8) is 0 Å². The van der Waals surface area contributed by atoms with Crippen LogP contribution in [0.2, 0.25) is 0 Å². The van der Waals surface area contributed by atoms with Crippen molar-refractivity contribution in [2.45, 2.75) is 13.0 Å².